The molecule has 4 nitrogen and oxygen atoms in total. The quantitative estimate of drug-likeness (QED) is 0.288. The first-order valence-electron chi connectivity index (χ1n) is 3.24. The van der Waals surface area contributed by atoms with Crippen molar-refractivity contribution in [2.45, 2.75) is 19.4 Å². The molecule has 0 fully saturated rings. The number of esters is 1. The maximum absolute atomic E-state index is 10.8. The highest BCUT2D eigenvalue weighted by Gasteiger charge is 2.18. The van der Waals surface area contributed by atoms with E-state index in [1.54, 1.807) is 6.92 Å². The number of carbonyl (C=O) groups excluding carboxylic acids is 1. The van der Waals surface area contributed by atoms with Crippen molar-refractivity contribution in [3.63, 3.8) is 0 Å². The summed E-state index contributed by atoms with van der Waals surface area (Å²) in [5.41, 5.74) is 0.123. The second-order valence-electron chi connectivity index (χ2n) is 2.02. The van der Waals surface area contributed by atoms with Crippen LogP contribution >= 0.6 is 0 Å². The zero-order valence-corrected chi connectivity index (χ0v) is 6.66. The number of rotatable bonds is 4. The van der Waals surface area contributed by atoms with Gasteiger partial charge in [0.1, 0.15) is 6.10 Å². The van der Waals surface area contributed by atoms with Crippen molar-refractivity contribution < 1.29 is 19.7 Å². The molecule has 0 unspecified atom stereocenters. The van der Waals surface area contributed by atoms with Crippen LogP contribution in [0.4, 0.5) is 0 Å². The molecule has 0 aliphatic carbocycles. The molecule has 1 N–H and O–H groups in total. The molecule has 0 bridgehead atoms. The lowest BCUT2D eigenvalue weighted by Crippen LogP contribution is -2.19. The molecule has 0 spiro atoms. The number of carbonyl (C=O) groups is 1. The lowest BCUT2D eigenvalue weighted by molar-refractivity contribution is -0.269. The average Bonchev–Trinajstić information content (AvgIpc) is 2.05. The van der Waals surface area contributed by atoms with Crippen LogP contribution < -0.4 is 0 Å². The molecule has 0 saturated carbocycles. The van der Waals surface area contributed by atoms with Crippen LogP contribution in [0, 0.1) is 0 Å². The Morgan fingerprint density at radius 2 is 2.27 bits per heavy atom. The Morgan fingerprint density at radius 3 is 2.55 bits per heavy atom. The van der Waals surface area contributed by atoms with Gasteiger partial charge in [0.05, 0.1) is 12.7 Å². The van der Waals surface area contributed by atoms with Gasteiger partial charge in [0, 0.05) is 0 Å². The van der Waals surface area contributed by atoms with Crippen LogP contribution in [-0.2, 0) is 14.4 Å². The Morgan fingerprint density at radius 1 is 1.73 bits per heavy atom. The smallest absolute Gasteiger partial charge is 0.335 e. The second kappa shape index (κ2) is 4.87. The summed E-state index contributed by atoms with van der Waals surface area (Å²) in [6, 6.07) is 0. The van der Waals surface area contributed by atoms with Gasteiger partial charge in [-0.3, -0.25) is 5.26 Å². The average molecular weight is 160 g/mol. The monoisotopic (exact) mass is 160 g/mol. The molecule has 0 rings (SSSR count). The van der Waals surface area contributed by atoms with E-state index in [2.05, 4.69) is 16.2 Å². The molecular weight excluding hydrogens is 148 g/mol. The minimum Gasteiger partial charge on any atom is -0.466 e. The maximum Gasteiger partial charge on any atom is 0.335 e. The third-order valence-corrected chi connectivity index (χ3v) is 1.33. The molecule has 0 aromatic carbocycles. The number of hydrogen-bond acceptors (Lipinski definition) is 4. The summed E-state index contributed by atoms with van der Waals surface area (Å²) in [5.74, 6) is -0.564. The fraction of sp³-hybridized carbons (Fsp3) is 0.571. The SMILES string of the molecule is C=C(C(=O)OC)[C@H](CC)OO. The third kappa shape index (κ3) is 2.69. The number of hydrogen-bond donors (Lipinski definition) is 1. The third-order valence-electron chi connectivity index (χ3n) is 1.33. The van der Waals surface area contributed by atoms with Crippen molar-refractivity contribution in [2.75, 3.05) is 7.11 Å². The molecule has 0 amide bonds. The standard InChI is InChI=1S/C7H12O4/c1-4-6(11-9)5(2)7(8)10-3/h6,9H,2,4H2,1,3H3/t6-/m0/s1. The van der Waals surface area contributed by atoms with Crippen molar-refractivity contribution in [2.24, 2.45) is 0 Å². The van der Waals surface area contributed by atoms with Gasteiger partial charge in [0.2, 0.25) is 0 Å². The van der Waals surface area contributed by atoms with Crippen LogP contribution in [0.3, 0.4) is 0 Å². The normalized spacial score (nSPS) is 12.3. The summed E-state index contributed by atoms with van der Waals surface area (Å²) in [6.45, 7) is 5.17. The van der Waals surface area contributed by atoms with Crippen LogP contribution in [-0.4, -0.2) is 24.4 Å². The van der Waals surface area contributed by atoms with E-state index in [4.69, 9.17) is 5.26 Å². The molecule has 0 aliphatic rings. The molecule has 0 radical (unpaired) electrons. The molecule has 1 atom stereocenters. The molecule has 0 aliphatic heterocycles. The Hall–Kier alpha value is -0.870. The molecule has 4 heteroatoms. The van der Waals surface area contributed by atoms with E-state index in [0.29, 0.717) is 6.42 Å². The van der Waals surface area contributed by atoms with Gasteiger partial charge in [-0.2, -0.15) is 0 Å². The highest BCUT2D eigenvalue weighted by Crippen LogP contribution is 2.08. The lowest BCUT2D eigenvalue weighted by Gasteiger charge is -2.11. The van der Waals surface area contributed by atoms with E-state index in [-0.39, 0.29) is 5.57 Å². The van der Waals surface area contributed by atoms with Crippen LogP contribution in [0.5, 0.6) is 0 Å². The predicted molar refractivity (Wildman–Crippen MR) is 38.9 cm³/mol. The Balaban J connectivity index is 4.09. The van der Waals surface area contributed by atoms with E-state index in [9.17, 15) is 4.79 Å². The first-order valence-corrected chi connectivity index (χ1v) is 3.24. The zero-order chi connectivity index (χ0) is 8.85. The van der Waals surface area contributed by atoms with Crippen molar-refractivity contribution >= 4 is 5.97 Å². The molecule has 0 heterocycles. The molecular formula is C7H12O4. The Kier molecular flexibility index (Phi) is 4.49. The molecule has 0 aromatic rings. The zero-order valence-electron chi connectivity index (χ0n) is 6.66. The van der Waals surface area contributed by atoms with Crippen molar-refractivity contribution in [3.8, 4) is 0 Å². The van der Waals surface area contributed by atoms with E-state index in [1.165, 1.54) is 7.11 Å². The highest BCUT2D eigenvalue weighted by molar-refractivity contribution is 5.88. The molecule has 0 aromatic heterocycles. The van der Waals surface area contributed by atoms with Gasteiger partial charge in [-0.05, 0) is 6.42 Å². The molecule has 64 valence electrons. The first-order chi connectivity index (χ1) is 5.17. The van der Waals surface area contributed by atoms with Crippen LogP contribution in [0.2, 0.25) is 0 Å². The lowest BCUT2D eigenvalue weighted by atomic mass is 10.1. The summed E-state index contributed by atoms with van der Waals surface area (Å²) >= 11 is 0. The summed E-state index contributed by atoms with van der Waals surface area (Å²) in [6.07, 6.45) is -0.188. The van der Waals surface area contributed by atoms with Gasteiger partial charge in [0.15, 0.2) is 0 Å². The van der Waals surface area contributed by atoms with E-state index in [1.807, 2.05) is 0 Å². The van der Waals surface area contributed by atoms with Gasteiger partial charge < -0.3 is 4.74 Å². The second-order valence-corrected chi connectivity index (χ2v) is 2.02. The fourth-order valence-corrected chi connectivity index (χ4v) is 0.647. The van der Waals surface area contributed by atoms with E-state index in [0.717, 1.165) is 0 Å². The summed E-state index contributed by atoms with van der Waals surface area (Å²) in [5, 5.41) is 8.27. The van der Waals surface area contributed by atoms with Crippen molar-refractivity contribution in [1.29, 1.82) is 0 Å². The van der Waals surface area contributed by atoms with Gasteiger partial charge >= 0.3 is 5.97 Å². The van der Waals surface area contributed by atoms with Gasteiger partial charge in [-0.15, -0.1) is 0 Å². The van der Waals surface area contributed by atoms with E-state index >= 15 is 0 Å². The fourth-order valence-electron chi connectivity index (χ4n) is 0.647. The summed E-state index contributed by atoms with van der Waals surface area (Å²) < 4.78 is 4.37. The maximum atomic E-state index is 10.8. The van der Waals surface area contributed by atoms with Crippen molar-refractivity contribution in [3.05, 3.63) is 12.2 Å². The van der Waals surface area contributed by atoms with Crippen LogP contribution in [0.15, 0.2) is 12.2 Å². The predicted octanol–water partition coefficient (Wildman–Crippen LogP) is 0.984. The van der Waals surface area contributed by atoms with Gasteiger partial charge in [-0.25, -0.2) is 9.68 Å². The van der Waals surface area contributed by atoms with Gasteiger partial charge in [0.25, 0.3) is 0 Å². The number of ether oxygens (including phenoxy) is 1. The summed E-state index contributed by atoms with van der Waals surface area (Å²) in [7, 11) is 1.25. The van der Waals surface area contributed by atoms with Crippen LogP contribution in [0.1, 0.15) is 13.3 Å². The Labute approximate surface area is 65.4 Å². The minimum absolute atomic E-state index is 0.123. The van der Waals surface area contributed by atoms with Crippen LogP contribution in [0.25, 0.3) is 0 Å². The molecule has 0 saturated heterocycles. The molecule has 11 heavy (non-hydrogen) atoms. The largest absolute Gasteiger partial charge is 0.466 e. The highest BCUT2D eigenvalue weighted by atomic mass is 17.1. The van der Waals surface area contributed by atoms with E-state index < -0.39 is 12.1 Å². The minimum atomic E-state index is -0.664. The van der Waals surface area contributed by atoms with Crippen molar-refractivity contribution in [1.82, 2.24) is 0 Å². The number of methoxy groups -OCH3 is 1. The summed E-state index contributed by atoms with van der Waals surface area (Å²) in [4.78, 5) is 14.7. The topological polar surface area (TPSA) is 55.8 Å². The Bertz CT molecular complexity index is 149. The van der Waals surface area contributed by atoms with Gasteiger partial charge in [-0.1, -0.05) is 13.5 Å². The first kappa shape index (κ1) is 10.1.